The Morgan fingerprint density at radius 3 is 2.11 bits per heavy atom. The monoisotopic (exact) mass is 269 g/mol. The summed E-state index contributed by atoms with van der Waals surface area (Å²) in [5, 5.41) is 13.5. The zero-order valence-electron chi connectivity index (χ0n) is 11.4. The molecule has 0 bridgehead atoms. The summed E-state index contributed by atoms with van der Waals surface area (Å²) in [4.78, 5) is 9.00. The molecule has 0 saturated heterocycles. The highest BCUT2D eigenvalue weighted by atomic mass is 16.5. The van der Waals surface area contributed by atoms with Crippen molar-refractivity contribution in [3.63, 3.8) is 0 Å². The lowest BCUT2D eigenvalue weighted by molar-refractivity contribution is -0.134. The van der Waals surface area contributed by atoms with Crippen LogP contribution in [0, 0.1) is 5.41 Å². The Morgan fingerprint density at radius 1 is 1.32 bits per heavy atom. The number of nitrogens with two attached hydrogens (primary N) is 2. The number of ether oxygens (including phenoxy) is 1. The first kappa shape index (κ1) is 19.1. The minimum absolute atomic E-state index is 0.333. The van der Waals surface area contributed by atoms with Crippen LogP contribution in [0.3, 0.4) is 0 Å². The van der Waals surface area contributed by atoms with E-state index in [4.69, 9.17) is 20.0 Å². The van der Waals surface area contributed by atoms with Gasteiger partial charge in [-0.15, -0.1) is 0 Å². The molecule has 0 radical (unpaired) electrons. The van der Waals surface area contributed by atoms with E-state index in [-0.39, 0.29) is 5.96 Å². The molecule has 1 aromatic carbocycles. The lowest BCUT2D eigenvalue weighted by Gasteiger charge is -2.03. The van der Waals surface area contributed by atoms with Crippen molar-refractivity contribution in [3.8, 4) is 5.75 Å². The van der Waals surface area contributed by atoms with Crippen LogP contribution in [0.4, 0.5) is 0 Å². The fourth-order valence-electron chi connectivity index (χ4n) is 0.851. The standard InChI is InChI=1S/C10H14O.C2H4O2.CH5N3/c1-2-3-9-11-10-7-5-4-6-8-10;1-2(3)4;2-1(3)4/h4-8H,2-3,9H2,1H3;1H3,(H,3,4);(H5,2,3,4). The number of carboxylic acid groups (broad SMARTS) is 1. The highest BCUT2D eigenvalue weighted by Gasteiger charge is 1.88. The molecule has 0 fully saturated rings. The van der Waals surface area contributed by atoms with Gasteiger partial charge >= 0.3 is 0 Å². The van der Waals surface area contributed by atoms with Gasteiger partial charge in [0, 0.05) is 6.92 Å². The number of carboxylic acids is 1. The van der Waals surface area contributed by atoms with Crippen molar-refractivity contribution < 1.29 is 14.6 Å². The molecular formula is C13H23N3O3. The lowest BCUT2D eigenvalue weighted by Crippen LogP contribution is -2.20. The number of rotatable bonds is 4. The number of benzene rings is 1. The second kappa shape index (κ2) is 13.8. The molecule has 108 valence electrons. The van der Waals surface area contributed by atoms with Crippen LogP contribution in [-0.4, -0.2) is 23.6 Å². The third-order valence-corrected chi connectivity index (χ3v) is 1.51. The summed E-state index contributed by atoms with van der Waals surface area (Å²) in [6.07, 6.45) is 2.32. The molecule has 0 unspecified atom stereocenters. The minimum Gasteiger partial charge on any atom is -0.494 e. The summed E-state index contributed by atoms with van der Waals surface area (Å²) in [7, 11) is 0. The van der Waals surface area contributed by atoms with Gasteiger partial charge in [-0.05, 0) is 18.6 Å². The fraction of sp³-hybridized carbons (Fsp3) is 0.385. The van der Waals surface area contributed by atoms with Gasteiger partial charge in [0.25, 0.3) is 5.97 Å². The summed E-state index contributed by atoms with van der Waals surface area (Å²) in [6.45, 7) is 4.08. The van der Waals surface area contributed by atoms with Gasteiger partial charge in [-0.3, -0.25) is 10.2 Å². The average Bonchev–Trinajstić information content (AvgIpc) is 2.29. The van der Waals surface area contributed by atoms with Crippen molar-refractivity contribution in [1.29, 1.82) is 5.41 Å². The van der Waals surface area contributed by atoms with Crippen molar-refractivity contribution >= 4 is 11.9 Å². The van der Waals surface area contributed by atoms with Gasteiger partial charge in [0.2, 0.25) is 0 Å². The Hall–Kier alpha value is -2.24. The summed E-state index contributed by atoms with van der Waals surface area (Å²) in [5.74, 6) is -0.194. The van der Waals surface area contributed by atoms with Gasteiger partial charge in [-0.25, -0.2) is 0 Å². The van der Waals surface area contributed by atoms with Gasteiger partial charge in [-0.2, -0.15) is 0 Å². The van der Waals surface area contributed by atoms with Crippen molar-refractivity contribution in [2.45, 2.75) is 26.7 Å². The first-order chi connectivity index (χ1) is 8.90. The van der Waals surface area contributed by atoms with Gasteiger partial charge in [0.1, 0.15) is 5.75 Å². The highest BCUT2D eigenvalue weighted by molar-refractivity contribution is 5.71. The lowest BCUT2D eigenvalue weighted by atomic mass is 10.3. The molecule has 0 spiro atoms. The molecular weight excluding hydrogens is 246 g/mol. The third kappa shape index (κ3) is 25.8. The van der Waals surface area contributed by atoms with Crippen LogP contribution in [0.25, 0.3) is 0 Å². The Bertz CT molecular complexity index is 322. The largest absolute Gasteiger partial charge is 0.494 e. The van der Waals surface area contributed by atoms with E-state index in [0.29, 0.717) is 0 Å². The first-order valence-electron chi connectivity index (χ1n) is 5.87. The molecule has 0 saturated carbocycles. The Kier molecular flexibility index (Phi) is 13.9. The predicted molar refractivity (Wildman–Crippen MR) is 76.3 cm³/mol. The summed E-state index contributed by atoms with van der Waals surface area (Å²) < 4.78 is 5.45. The Balaban J connectivity index is 0. The van der Waals surface area contributed by atoms with E-state index in [9.17, 15) is 0 Å². The molecule has 1 rings (SSSR count). The molecule has 0 aliphatic heterocycles. The van der Waals surface area contributed by atoms with E-state index in [1.165, 1.54) is 6.42 Å². The second-order valence-corrected chi connectivity index (χ2v) is 3.49. The van der Waals surface area contributed by atoms with E-state index in [0.717, 1.165) is 25.7 Å². The van der Waals surface area contributed by atoms with E-state index in [2.05, 4.69) is 18.4 Å². The van der Waals surface area contributed by atoms with Crippen LogP contribution in [0.5, 0.6) is 5.75 Å². The van der Waals surface area contributed by atoms with Crippen molar-refractivity contribution in [2.24, 2.45) is 11.5 Å². The van der Waals surface area contributed by atoms with Gasteiger partial charge in [0.05, 0.1) is 6.61 Å². The summed E-state index contributed by atoms with van der Waals surface area (Å²) in [5.41, 5.74) is 8.94. The Morgan fingerprint density at radius 2 is 1.74 bits per heavy atom. The van der Waals surface area contributed by atoms with E-state index >= 15 is 0 Å². The number of para-hydroxylation sites is 1. The zero-order chi connectivity index (χ0) is 15.1. The highest BCUT2D eigenvalue weighted by Crippen LogP contribution is 2.08. The molecule has 19 heavy (non-hydrogen) atoms. The van der Waals surface area contributed by atoms with Crippen molar-refractivity contribution in [1.82, 2.24) is 0 Å². The average molecular weight is 269 g/mol. The van der Waals surface area contributed by atoms with E-state index in [1.807, 2.05) is 30.3 Å². The van der Waals surface area contributed by atoms with E-state index in [1.54, 1.807) is 0 Å². The van der Waals surface area contributed by atoms with Crippen LogP contribution in [-0.2, 0) is 4.79 Å². The maximum Gasteiger partial charge on any atom is 0.300 e. The van der Waals surface area contributed by atoms with Crippen molar-refractivity contribution in [2.75, 3.05) is 6.61 Å². The second-order valence-electron chi connectivity index (χ2n) is 3.49. The SMILES string of the molecule is CC(=O)O.CCCCOc1ccccc1.N=C(N)N. The number of guanidine groups is 1. The van der Waals surface area contributed by atoms with Crippen molar-refractivity contribution in [3.05, 3.63) is 30.3 Å². The molecule has 1 aromatic rings. The number of unbranched alkanes of at least 4 members (excludes halogenated alkanes) is 1. The number of hydrogen-bond acceptors (Lipinski definition) is 3. The maximum absolute atomic E-state index is 9.00. The molecule has 0 aliphatic carbocycles. The molecule has 6 heteroatoms. The van der Waals surface area contributed by atoms with Crippen LogP contribution in [0.15, 0.2) is 30.3 Å². The summed E-state index contributed by atoms with van der Waals surface area (Å²) in [6, 6.07) is 9.93. The first-order valence-corrected chi connectivity index (χ1v) is 5.87. The van der Waals surface area contributed by atoms with Gasteiger partial charge in [-0.1, -0.05) is 31.5 Å². The predicted octanol–water partition coefficient (Wildman–Crippen LogP) is 1.79. The zero-order valence-corrected chi connectivity index (χ0v) is 11.4. The molecule has 6 nitrogen and oxygen atoms in total. The molecule has 0 atom stereocenters. The molecule has 0 aliphatic rings. The number of nitrogens with one attached hydrogen (secondary N) is 1. The van der Waals surface area contributed by atoms with Crippen LogP contribution < -0.4 is 16.2 Å². The maximum atomic E-state index is 9.00. The number of hydrogen-bond donors (Lipinski definition) is 4. The number of aliphatic carboxylic acids is 1. The van der Waals surface area contributed by atoms with E-state index < -0.39 is 5.97 Å². The van der Waals surface area contributed by atoms with Gasteiger partial charge in [0.15, 0.2) is 5.96 Å². The minimum atomic E-state index is -0.833. The fourth-order valence-corrected chi connectivity index (χ4v) is 0.851. The normalized spacial score (nSPS) is 8.11. The smallest absolute Gasteiger partial charge is 0.300 e. The van der Waals surface area contributed by atoms with Crippen LogP contribution in [0.1, 0.15) is 26.7 Å². The molecule has 0 amide bonds. The Labute approximate surface area is 113 Å². The molecule has 6 N–H and O–H groups in total. The topological polar surface area (TPSA) is 122 Å². The number of carbonyl (C=O) groups is 1. The van der Waals surface area contributed by atoms with Gasteiger partial charge < -0.3 is 21.3 Å². The van der Waals surface area contributed by atoms with Crippen LogP contribution in [0.2, 0.25) is 0 Å². The summed E-state index contributed by atoms with van der Waals surface area (Å²) >= 11 is 0. The van der Waals surface area contributed by atoms with Crippen LogP contribution >= 0.6 is 0 Å². The quantitative estimate of drug-likeness (QED) is 0.377. The third-order valence-electron chi connectivity index (χ3n) is 1.51. The molecule has 0 heterocycles. The molecule has 0 aromatic heterocycles.